The molecule has 0 atom stereocenters. The van der Waals surface area contributed by atoms with E-state index < -0.39 is 0 Å². The Balaban J connectivity index is 2.79. The van der Waals surface area contributed by atoms with Crippen LogP contribution in [-0.2, 0) is 0 Å². The lowest BCUT2D eigenvalue weighted by Crippen LogP contribution is -2.15. The minimum atomic E-state index is -0.351. The van der Waals surface area contributed by atoms with Gasteiger partial charge in [-0.25, -0.2) is 0 Å². The molecule has 1 N–H and O–H groups in total. The SMILES string of the molecule is COc1cc(OC)c(NCCC(C)(C)C#N)cc1Cl. The van der Waals surface area contributed by atoms with Gasteiger partial charge >= 0.3 is 0 Å². The molecule has 0 unspecified atom stereocenters. The van der Waals surface area contributed by atoms with Crippen LogP contribution in [0.25, 0.3) is 0 Å². The molecule has 0 saturated heterocycles. The van der Waals surface area contributed by atoms with Crippen LogP contribution >= 0.6 is 11.6 Å². The highest BCUT2D eigenvalue weighted by atomic mass is 35.5. The van der Waals surface area contributed by atoms with Gasteiger partial charge in [0.1, 0.15) is 11.5 Å². The average Bonchev–Trinajstić information content (AvgIpc) is 2.39. The molecule has 4 nitrogen and oxygen atoms in total. The Morgan fingerprint density at radius 3 is 2.42 bits per heavy atom. The number of nitriles is 1. The van der Waals surface area contributed by atoms with Crippen molar-refractivity contribution < 1.29 is 9.47 Å². The van der Waals surface area contributed by atoms with Crippen LogP contribution in [0.3, 0.4) is 0 Å². The van der Waals surface area contributed by atoms with E-state index in [1.165, 1.54) is 0 Å². The van der Waals surface area contributed by atoms with Gasteiger partial charge in [0.05, 0.1) is 36.4 Å². The van der Waals surface area contributed by atoms with E-state index in [1.807, 2.05) is 13.8 Å². The van der Waals surface area contributed by atoms with Crippen LogP contribution in [0.1, 0.15) is 20.3 Å². The second-order valence-corrected chi connectivity index (χ2v) is 5.27. The normalized spacial score (nSPS) is 10.7. The lowest BCUT2D eigenvalue weighted by Gasteiger charge is -2.17. The summed E-state index contributed by atoms with van der Waals surface area (Å²) in [7, 11) is 3.15. The summed E-state index contributed by atoms with van der Waals surface area (Å²) < 4.78 is 10.4. The van der Waals surface area contributed by atoms with Crippen molar-refractivity contribution in [3.05, 3.63) is 17.2 Å². The average molecular weight is 283 g/mol. The monoisotopic (exact) mass is 282 g/mol. The third-order valence-corrected chi connectivity index (χ3v) is 3.14. The zero-order valence-corrected chi connectivity index (χ0v) is 12.5. The predicted octanol–water partition coefficient (Wildman–Crippen LogP) is 3.71. The Morgan fingerprint density at radius 1 is 1.26 bits per heavy atom. The molecule has 0 aliphatic carbocycles. The van der Waals surface area contributed by atoms with Crippen LogP contribution in [0.15, 0.2) is 12.1 Å². The maximum Gasteiger partial charge on any atom is 0.145 e. The van der Waals surface area contributed by atoms with Crippen molar-refractivity contribution in [2.75, 3.05) is 26.1 Å². The van der Waals surface area contributed by atoms with Crippen molar-refractivity contribution >= 4 is 17.3 Å². The maximum absolute atomic E-state index is 8.96. The molecule has 1 aromatic rings. The van der Waals surface area contributed by atoms with Gasteiger partial charge in [0, 0.05) is 12.6 Å². The molecule has 0 bridgehead atoms. The minimum Gasteiger partial charge on any atom is -0.495 e. The van der Waals surface area contributed by atoms with Crippen LogP contribution in [0.5, 0.6) is 11.5 Å². The Bertz CT molecular complexity index is 481. The molecular formula is C14H19ClN2O2. The molecule has 0 fully saturated rings. The van der Waals surface area contributed by atoms with Crippen molar-refractivity contribution in [3.8, 4) is 17.6 Å². The molecule has 5 heteroatoms. The summed E-state index contributed by atoms with van der Waals surface area (Å²) in [4.78, 5) is 0. The Morgan fingerprint density at radius 2 is 1.89 bits per heavy atom. The number of benzene rings is 1. The molecule has 0 heterocycles. The van der Waals surface area contributed by atoms with Gasteiger partial charge in [-0.05, 0) is 26.3 Å². The zero-order valence-electron chi connectivity index (χ0n) is 11.7. The number of rotatable bonds is 6. The van der Waals surface area contributed by atoms with E-state index in [4.69, 9.17) is 26.3 Å². The minimum absolute atomic E-state index is 0.351. The number of halogens is 1. The number of hydrogen-bond acceptors (Lipinski definition) is 4. The fraction of sp³-hybridized carbons (Fsp3) is 0.500. The highest BCUT2D eigenvalue weighted by molar-refractivity contribution is 6.32. The van der Waals surface area contributed by atoms with Gasteiger partial charge in [0.15, 0.2) is 0 Å². The molecule has 0 radical (unpaired) electrons. The fourth-order valence-electron chi connectivity index (χ4n) is 1.56. The molecule has 0 spiro atoms. The number of methoxy groups -OCH3 is 2. The van der Waals surface area contributed by atoms with Crippen LogP contribution in [0.4, 0.5) is 5.69 Å². The van der Waals surface area contributed by atoms with Crippen LogP contribution in [-0.4, -0.2) is 20.8 Å². The summed E-state index contributed by atoms with van der Waals surface area (Å²) in [6.45, 7) is 4.49. The van der Waals surface area contributed by atoms with Gasteiger partial charge in [0.2, 0.25) is 0 Å². The molecular weight excluding hydrogens is 264 g/mol. The van der Waals surface area contributed by atoms with Crippen molar-refractivity contribution in [2.24, 2.45) is 5.41 Å². The quantitative estimate of drug-likeness (QED) is 0.864. The maximum atomic E-state index is 8.96. The van der Waals surface area contributed by atoms with E-state index in [2.05, 4.69) is 11.4 Å². The van der Waals surface area contributed by atoms with Crippen molar-refractivity contribution in [1.82, 2.24) is 0 Å². The predicted molar refractivity (Wildman–Crippen MR) is 77.1 cm³/mol. The fourth-order valence-corrected chi connectivity index (χ4v) is 1.80. The second-order valence-electron chi connectivity index (χ2n) is 4.86. The molecule has 0 aliphatic rings. The first kappa shape index (κ1) is 15.5. The highest BCUT2D eigenvalue weighted by Gasteiger charge is 2.16. The van der Waals surface area contributed by atoms with Crippen LogP contribution in [0, 0.1) is 16.7 Å². The smallest absolute Gasteiger partial charge is 0.145 e. The highest BCUT2D eigenvalue weighted by Crippen LogP contribution is 2.36. The Kier molecular flexibility index (Phi) is 5.31. The van der Waals surface area contributed by atoms with E-state index in [0.29, 0.717) is 23.1 Å². The lowest BCUT2D eigenvalue weighted by molar-refractivity contribution is 0.395. The molecule has 0 amide bonds. The molecule has 1 rings (SSSR count). The van der Waals surface area contributed by atoms with Gasteiger partial charge in [0.25, 0.3) is 0 Å². The van der Waals surface area contributed by atoms with Crippen molar-refractivity contribution in [2.45, 2.75) is 20.3 Å². The third-order valence-electron chi connectivity index (χ3n) is 2.84. The summed E-state index contributed by atoms with van der Waals surface area (Å²) in [6.07, 6.45) is 0.732. The zero-order chi connectivity index (χ0) is 14.5. The first-order valence-corrected chi connectivity index (χ1v) is 6.38. The van der Waals surface area contributed by atoms with E-state index in [1.54, 1.807) is 26.4 Å². The van der Waals surface area contributed by atoms with E-state index >= 15 is 0 Å². The van der Waals surface area contributed by atoms with Gasteiger partial charge in [-0.15, -0.1) is 0 Å². The van der Waals surface area contributed by atoms with Crippen molar-refractivity contribution in [3.63, 3.8) is 0 Å². The Hall–Kier alpha value is -1.60. The first-order chi connectivity index (χ1) is 8.93. The van der Waals surface area contributed by atoms with Gasteiger partial charge in [-0.3, -0.25) is 0 Å². The standard InChI is InChI=1S/C14H19ClN2O2/c1-14(2,9-16)5-6-17-11-7-10(15)12(18-3)8-13(11)19-4/h7-8,17H,5-6H2,1-4H3. The summed E-state index contributed by atoms with van der Waals surface area (Å²) in [5.41, 5.74) is 0.443. The van der Waals surface area contributed by atoms with E-state index in [-0.39, 0.29) is 5.41 Å². The van der Waals surface area contributed by atoms with Gasteiger partial charge in [-0.2, -0.15) is 5.26 Å². The summed E-state index contributed by atoms with van der Waals surface area (Å²) in [5, 5.41) is 12.7. The lowest BCUT2D eigenvalue weighted by atomic mass is 9.91. The van der Waals surface area contributed by atoms with E-state index in [9.17, 15) is 0 Å². The molecule has 0 aromatic heterocycles. The second kappa shape index (κ2) is 6.53. The molecule has 0 saturated carbocycles. The Labute approximate surface area is 119 Å². The molecule has 0 aliphatic heterocycles. The first-order valence-electron chi connectivity index (χ1n) is 6.00. The third kappa shape index (κ3) is 4.22. The summed E-state index contributed by atoms with van der Waals surface area (Å²) in [6, 6.07) is 5.77. The summed E-state index contributed by atoms with van der Waals surface area (Å²) >= 11 is 6.08. The number of nitrogens with zero attached hydrogens (tertiary/aromatic N) is 1. The molecule has 1 aromatic carbocycles. The van der Waals surface area contributed by atoms with Gasteiger partial charge < -0.3 is 14.8 Å². The van der Waals surface area contributed by atoms with Gasteiger partial charge in [-0.1, -0.05) is 11.6 Å². The number of nitrogens with one attached hydrogen (secondary N) is 1. The van der Waals surface area contributed by atoms with Crippen LogP contribution in [0.2, 0.25) is 5.02 Å². The summed E-state index contributed by atoms with van der Waals surface area (Å²) in [5.74, 6) is 1.23. The largest absolute Gasteiger partial charge is 0.495 e. The molecule has 104 valence electrons. The van der Waals surface area contributed by atoms with Crippen LogP contribution < -0.4 is 14.8 Å². The number of ether oxygens (including phenoxy) is 2. The number of anilines is 1. The molecule has 19 heavy (non-hydrogen) atoms. The number of hydrogen-bond donors (Lipinski definition) is 1. The topological polar surface area (TPSA) is 54.3 Å². The van der Waals surface area contributed by atoms with Crippen molar-refractivity contribution in [1.29, 1.82) is 5.26 Å². The van der Waals surface area contributed by atoms with E-state index in [0.717, 1.165) is 12.1 Å².